The Hall–Kier alpha value is -4.54. The molecular weight excluding hydrogens is 496 g/mol. The summed E-state index contributed by atoms with van der Waals surface area (Å²) >= 11 is 0. The Morgan fingerprint density at radius 2 is 1.64 bits per heavy atom. The van der Waals surface area contributed by atoms with E-state index in [1.54, 1.807) is 19.1 Å². The van der Waals surface area contributed by atoms with Crippen LogP contribution in [-0.2, 0) is 6.54 Å². The maximum absolute atomic E-state index is 14.1. The summed E-state index contributed by atoms with van der Waals surface area (Å²) in [6.45, 7) is 5.00. The summed E-state index contributed by atoms with van der Waals surface area (Å²) in [6, 6.07) is 19.5. The van der Waals surface area contributed by atoms with Crippen molar-refractivity contribution in [1.82, 2.24) is 15.2 Å². The van der Waals surface area contributed by atoms with E-state index in [0.29, 0.717) is 16.8 Å². The van der Waals surface area contributed by atoms with Crippen LogP contribution in [0.3, 0.4) is 0 Å². The van der Waals surface area contributed by atoms with Crippen LogP contribution in [0.4, 0.5) is 8.78 Å². The first-order chi connectivity index (χ1) is 18.8. The molecule has 39 heavy (non-hydrogen) atoms. The highest BCUT2D eigenvalue weighted by atomic mass is 19.1. The summed E-state index contributed by atoms with van der Waals surface area (Å²) in [5, 5.41) is 13.2. The molecule has 1 aliphatic heterocycles. The number of phenols is 1. The largest absolute Gasteiger partial charge is 0.508 e. The summed E-state index contributed by atoms with van der Waals surface area (Å²) < 4.78 is 27.6. The van der Waals surface area contributed by atoms with Gasteiger partial charge in [0.2, 0.25) is 0 Å². The zero-order valence-electron chi connectivity index (χ0n) is 21.4. The third-order valence-corrected chi connectivity index (χ3v) is 6.63. The Labute approximate surface area is 226 Å². The van der Waals surface area contributed by atoms with Crippen LogP contribution in [0.1, 0.15) is 56.5 Å². The number of carbonyl (C=O) groups excluding carboxylic acids is 1. The second-order valence-corrected chi connectivity index (χ2v) is 9.62. The molecule has 196 valence electrons. The van der Waals surface area contributed by atoms with E-state index in [-0.39, 0.29) is 17.0 Å². The van der Waals surface area contributed by atoms with Gasteiger partial charge in [-0.3, -0.25) is 9.69 Å². The maximum Gasteiger partial charge on any atom is 0.270 e. The van der Waals surface area contributed by atoms with Crippen LogP contribution in [-0.4, -0.2) is 34.0 Å². The fourth-order valence-corrected chi connectivity index (χ4v) is 4.45. The number of hydrogen-bond acceptors (Lipinski definition) is 4. The van der Waals surface area contributed by atoms with Gasteiger partial charge in [0.05, 0.1) is 6.04 Å². The van der Waals surface area contributed by atoms with Crippen molar-refractivity contribution in [3.63, 3.8) is 0 Å². The number of hydrogen-bond donors (Lipinski definition) is 2. The quantitative estimate of drug-likeness (QED) is 0.328. The molecule has 2 N–H and O–H groups in total. The maximum atomic E-state index is 14.1. The molecule has 2 heterocycles. The second-order valence-electron chi connectivity index (χ2n) is 9.62. The minimum atomic E-state index is -0.944. The first-order valence-corrected chi connectivity index (χ1v) is 12.7. The number of aromatic nitrogens is 1. The molecule has 7 heteroatoms. The van der Waals surface area contributed by atoms with Crippen LogP contribution in [0.2, 0.25) is 0 Å². The van der Waals surface area contributed by atoms with Gasteiger partial charge in [-0.25, -0.2) is 13.8 Å². The highest BCUT2D eigenvalue weighted by Gasteiger charge is 2.22. The number of nitrogens with zero attached hydrogens (tertiary/aromatic N) is 2. The average Bonchev–Trinajstić information content (AvgIpc) is 2.90. The molecule has 1 saturated heterocycles. The first kappa shape index (κ1) is 26.1. The molecule has 4 aromatic rings. The van der Waals surface area contributed by atoms with Gasteiger partial charge in [0.1, 0.15) is 23.1 Å². The first-order valence-electron chi connectivity index (χ1n) is 12.7. The lowest BCUT2D eigenvalue weighted by atomic mass is 9.97. The minimum absolute atomic E-state index is 0.118. The molecule has 0 aliphatic carbocycles. The van der Waals surface area contributed by atoms with Gasteiger partial charge in [0, 0.05) is 28.9 Å². The smallest absolute Gasteiger partial charge is 0.270 e. The highest BCUT2D eigenvalue weighted by molar-refractivity contribution is 5.93. The normalized spacial score (nSPS) is 13.6. The van der Waals surface area contributed by atoms with Crippen LogP contribution < -0.4 is 5.32 Å². The molecule has 0 saturated carbocycles. The highest BCUT2D eigenvalue weighted by Crippen LogP contribution is 2.30. The molecule has 1 aromatic heterocycles. The summed E-state index contributed by atoms with van der Waals surface area (Å²) in [6.07, 6.45) is 1.26. The molecule has 1 atom stereocenters. The van der Waals surface area contributed by atoms with Gasteiger partial charge < -0.3 is 10.4 Å². The van der Waals surface area contributed by atoms with E-state index in [0.717, 1.165) is 37.3 Å². The number of halogens is 2. The second kappa shape index (κ2) is 11.5. The summed E-state index contributed by atoms with van der Waals surface area (Å²) in [4.78, 5) is 20.1. The van der Waals surface area contributed by atoms with Gasteiger partial charge in [-0.15, -0.1) is 0 Å². The number of aromatic hydroxyl groups is 1. The van der Waals surface area contributed by atoms with E-state index in [1.807, 2.05) is 12.1 Å². The van der Waals surface area contributed by atoms with E-state index < -0.39 is 23.6 Å². The van der Waals surface area contributed by atoms with Crippen molar-refractivity contribution in [2.24, 2.45) is 0 Å². The lowest BCUT2D eigenvalue weighted by Crippen LogP contribution is -2.36. The van der Waals surface area contributed by atoms with Gasteiger partial charge in [-0.2, -0.15) is 0 Å². The summed E-state index contributed by atoms with van der Waals surface area (Å²) in [5.41, 5.74) is 4.05. The molecule has 5 rings (SSSR count). The standard InChI is InChI=1S/C32H27F2N3O2/c1-21-17-24(8-5-22-3-6-23(7-4-22)20-37-15-2-16-37)18-29(35-21)32(39)36-31(25-9-11-26(33)12-10-25)28-19-27(34)13-14-30(28)38/h3-4,6-7,9-14,17-19,31,38H,2,15-16,20H2,1H3,(H,36,39). The summed E-state index contributed by atoms with van der Waals surface area (Å²) in [5.74, 6) is 4.46. The number of likely N-dealkylation sites (tertiary alicyclic amines) is 1. The average molecular weight is 524 g/mol. The molecule has 1 amide bonds. The van der Waals surface area contributed by atoms with Crippen LogP contribution in [0.5, 0.6) is 5.75 Å². The van der Waals surface area contributed by atoms with Gasteiger partial charge >= 0.3 is 0 Å². The molecule has 1 aliphatic rings. The molecular formula is C32H27F2N3O2. The van der Waals surface area contributed by atoms with Gasteiger partial charge in [-0.1, -0.05) is 36.1 Å². The lowest BCUT2D eigenvalue weighted by Gasteiger charge is -2.30. The number of carbonyl (C=O) groups is 1. The van der Waals surface area contributed by atoms with Crippen molar-refractivity contribution in [2.75, 3.05) is 13.1 Å². The number of phenolic OH excluding ortho intramolecular Hbond substituents is 1. The summed E-state index contributed by atoms with van der Waals surface area (Å²) in [7, 11) is 0. The Morgan fingerprint density at radius 1 is 0.949 bits per heavy atom. The number of nitrogens with one attached hydrogen (secondary N) is 1. The lowest BCUT2D eigenvalue weighted by molar-refractivity contribution is 0.0937. The topological polar surface area (TPSA) is 65.5 Å². The van der Waals surface area contributed by atoms with Crippen molar-refractivity contribution in [1.29, 1.82) is 0 Å². The number of pyridine rings is 1. The number of aryl methyl sites for hydroxylation is 1. The van der Waals surface area contributed by atoms with Crippen LogP contribution >= 0.6 is 0 Å². The Kier molecular flexibility index (Phi) is 7.67. The third kappa shape index (κ3) is 6.49. The predicted molar refractivity (Wildman–Crippen MR) is 145 cm³/mol. The molecule has 0 spiro atoms. The van der Waals surface area contributed by atoms with Crippen molar-refractivity contribution in [2.45, 2.75) is 25.9 Å². The zero-order valence-corrected chi connectivity index (χ0v) is 21.4. The third-order valence-electron chi connectivity index (χ3n) is 6.63. The van der Waals surface area contributed by atoms with Crippen molar-refractivity contribution < 1.29 is 18.7 Å². The predicted octanol–water partition coefficient (Wildman–Crippen LogP) is 5.50. The van der Waals surface area contributed by atoms with Gasteiger partial charge in [0.15, 0.2) is 0 Å². The zero-order chi connectivity index (χ0) is 27.4. The minimum Gasteiger partial charge on any atom is -0.508 e. The molecule has 5 nitrogen and oxygen atoms in total. The molecule has 3 aromatic carbocycles. The Bertz CT molecular complexity index is 1550. The molecule has 0 radical (unpaired) electrons. The Morgan fingerprint density at radius 3 is 2.33 bits per heavy atom. The van der Waals surface area contributed by atoms with Crippen molar-refractivity contribution >= 4 is 5.91 Å². The fraction of sp³-hybridized carbons (Fsp3) is 0.188. The monoisotopic (exact) mass is 523 g/mol. The van der Waals surface area contributed by atoms with E-state index in [4.69, 9.17) is 0 Å². The van der Waals surface area contributed by atoms with E-state index in [1.165, 1.54) is 42.3 Å². The van der Waals surface area contributed by atoms with Gasteiger partial charge in [0.25, 0.3) is 5.91 Å². The van der Waals surface area contributed by atoms with E-state index >= 15 is 0 Å². The van der Waals surface area contributed by atoms with E-state index in [2.05, 4.69) is 39.2 Å². The fourth-order valence-electron chi connectivity index (χ4n) is 4.45. The van der Waals surface area contributed by atoms with Crippen molar-refractivity contribution in [3.8, 4) is 17.6 Å². The molecule has 0 bridgehead atoms. The molecule has 1 unspecified atom stereocenters. The van der Waals surface area contributed by atoms with E-state index in [9.17, 15) is 18.7 Å². The van der Waals surface area contributed by atoms with Crippen molar-refractivity contribution in [3.05, 3.63) is 130 Å². The van der Waals surface area contributed by atoms with Crippen LogP contribution in [0.25, 0.3) is 0 Å². The van der Waals surface area contributed by atoms with Gasteiger partial charge in [-0.05, 0) is 92.2 Å². The molecule has 1 fully saturated rings. The SMILES string of the molecule is Cc1cc(C#Cc2ccc(CN3CCC3)cc2)cc(C(=O)NC(c2ccc(F)cc2)c2cc(F)ccc2O)n1. The number of amides is 1. The van der Waals surface area contributed by atoms with Crippen LogP contribution in [0.15, 0.2) is 78.9 Å². The number of benzene rings is 3. The van der Waals surface area contributed by atoms with Crippen LogP contribution in [0, 0.1) is 30.4 Å². The Balaban J connectivity index is 1.38. The number of rotatable bonds is 6.